The summed E-state index contributed by atoms with van der Waals surface area (Å²) in [4.78, 5) is 0. The van der Waals surface area contributed by atoms with Gasteiger partial charge in [-0.15, -0.1) is 0 Å². The summed E-state index contributed by atoms with van der Waals surface area (Å²) < 4.78 is 24.6. The molecule has 1 N–H and O–H groups in total. The van der Waals surface area contributed by atoms with Crippen LogP contribution in [-0.2, 0) is 12.0 Å². The molecule has 0 radical (unpaired) electrons. The van der Waals surface area contributed by atoms with Crippen LogP contribution in [0.3, 0.4) is 0 Å². The van der Waals surface area contributed by atoms with Gasteiger partial charge in [0.2, 0.25) is 6.43 Å². The number of benzene rings is 1. The van der Waals surface area contributed by atoms with E-state index in [2.05, 4.69) is 13.8 Å². The van der Waals surface area contributed by atoms with E-state index >= 15 is 0 Å². The first kappa shape index (κ1) is 14.1. The van der Waals surface area contributed by atoms with Crippen molar-refractivity contribution in [1.29, 1.82) is 0 Å². The zero-order valence-corrected chi connectivity index (χ0v) is 10.6. The fraction of sp³-hybridized carbons (Fsp3) is 0.571. The Balaban J connectivity index is 2.79. The first-order valence-electron chi connectivity index (χ1n) is 5.91. The zero-order chi connectivity index (χ0) is 13.1. The predicted molar refractivity (Wildman–Crippen MR) is 65.2 cm³/mol. The summed E-state index contributed by atoms with van der Waals surface area (Å²) in [6.45, 7) is 5.68. The molecule has 1 unspecified atom stereocenters. The van der Waals surface area contributed by atoms with Crippen LogP contribution < -0.4 is 0 Å². The van der Waals surface area contributed by atoms with Gasteiger partial charge < -0.3 is 5.11 Å². The first-order chi connectivity index (χ1) is 7.81. The summed E-state index contributed by atoms with van der Waals surface area (Å²) in [5.41, 5.74) is 0.256. The van der Waals surface area contributed by atoms with Gasteiger partial charge in [-0.3, -0.25) is 0 Å². The predicted octanol–water partition coefficient (Wildman–Crippen LogP) is 3.75. The van der Waals surface area contributed by atoms with Crippen molar-refractivity contribution in [2.75, 3.05) is 0 Å². The van der Waals surface area contributed by atoms with Crippen molar-refractivity contribution in [1.82, 2.24) is 0 Å². The van der Waals surface area contributed by atoms with Gasteiger partial charge >= 0.3 is 0 Å². The van der Waals surface area contributed by atoms with E-state index in [9.17, 15) is 13.9 Å². The van der Waals surface area contributed by atoms with Crippen molar-refractivity contribution >= 4 is 0 Å². The minimum absolute atomic E-state index is 0.531. The molecule has 0 aliphatic carbocycles. The third-order valence-corrected chi connectivity index (χ3v) is 2.77. The Hall–Kier alpha value is -0.960. The van der Waals surface area contributed by atoms with Gasteiger partial charge in [0.1, 0.15) is 0 Å². The molecule has 0 aliphatic heterocycles. The third-order valence-electron chi connectivity index (χ3n) is 2.77. The monoisotopic (exact) mass is 242 g/mol. The molecule has 0 saturated carbocycles. The molecule has 1 nitrogen and oxygen atoms in total. The highest BCUT2D eigenvalue weighted by atomic mass is 19.3. The second-order valence-electron chi connectivity index (χ2n) is 5.16. The Morgan fingerprint density at radius 2 is 1.71 bits per heavy atom. The lowest BCUT2D eigenvalue weighted by molar-refractivity contribution is -0.0124. The topological polar surface area (TPSA) is 20.2 Å². The molecule has 0 fully saturated rings. The Morgan fingerprint density at radius 3 is 2.12 bits per heavy atom. The van der Waals surface area contributed by atoms with E-state index in [0.29, 0.717) is 11.5 Å². The number of alkyl halides is 2. The summed E-state index contributed by atoms with van der Waals surface area (Å²) in [5.74, 6) is 0.558. The van der Waals surface area contributed by atoms with Crippen LogP contribution in [0.1, 0.15) is 38.3 Å². The minimum atomic E-state index is -2.50. The Morgan fingerprint density at radius 1 is 1.18 bits per heavy atom. The summed E-state index contributed by atoms with van der Waals surface area (Å²) in [5, 5.41) is 9.95. The van der Waals surface area contributed by atoms with Gasteiger partial charge in [0.15, 0.2) is 0 Å². The van der Waals surface area contributed by atoms with Crippen molar-refractivity contribution in [2.45, 2.75) is 45.6 Å². The van der Waals surface area contributed by atoms with Crippen molar-refractivity contribution in [3.63, 3.8) is 0 Å². The quantitative estimate of drug-likeness (QED) is 0.833. The molecule has 3 heteroatoms. The molecule has 1 atom stereocenters. The van der Waals surface area contributed by atoms with Crippen molar-refractivity contribution in [2.24, 2.45) is 5.92 Å². The van der Waals surface area contributed by atoms with Gasteiger partial charge in [-0.1, -0.05) is 38.1 Å². The molecule has 1 aromatic carbocycles. The molecule has 0 spiro atoms. The van der Waals surface area contributed by atoms with Gasteiger partial charge in [0, 0.05) is 6.42 Å². The smallest absolute Gasteiger partial charge is 0.241 e. The van der Waals surface area contributed by atoms with Gasteiger partial charge in [-0.25, -0.2) is 8.78 Å². The Labute approximate surface area is 101 Å². The first-order valence-corrected chi connectivity index (χ1v) is 5.91. The van der Waals surface area contributed by atoms with E-state index in [1.165, 1.54) is 6.92 Å². The lowest BCUT2D eigenvalue weighted by Crippen LogP contribution is -2.24. The van der Waals surface area contributed by atoms with E-state index in [4.69, 9.17) is 0 Å². The lowest BCUT2D eigenvalue weighted by atomic mass is 9.91. The molecule has 0 heterocycles. The second kappa shape index (κ2) is 5.58. The average Bonchev–Trinajstić information content (AvgIpc) is 2.15. The standard InChI is InChI=1S/C14H20F2O/c1-10(2)8-11-4-6-12(7-5-11)14(3,17)9-13(15)16/h4-7,10,13,17H,8-9H2,1-3H3. The molecule has 0 amide bonds. The molecule has 96 valence electrons. The van der Waals surface area contributed by atoms with Crippen molar-refractivity contribution in [3.05, 3.63) is 35.4 Å². The molecule has 0 aromatic heterocycles. The molecule has 0 aliphatic rings. The SMILES string of the molecule is CC(C)Cc1ccc(C(C)(O)CC(F)F)cc1. The fourth-order valence-electron chi connectivity index (χ4n) is 1.89. The van der Waals surface area contributed by atoms with E-state index in [1.54, 1.807) is 12.1 Å². The fourth-order valence-corrected chi connectivity index (χ4v) is 1.89. The van der Waals surface area contributed by atoms with Crippen LogP contribution in [0, 0.1) is 5.92 Å². The summed E-state index contributed by atoms with van der Waals surface area (Å²) in [6.07, 6.45) is -2.08. The van der Waals surface area contributed by atoms with Gasteiger partial charge in [-0.2, -0.15) is 0 Å². The largest absolute Gasteiger partial charge is 0.385 e. The third kappa shape index (κ3) is 4.43. The number of hydrogen-bond donors (Lipinski definition) is 1. The molecule has 0 bridgehead atoms. The van der Waals surface area contributed by atoms with Crippen LogP contribution in [0.5, 0.6) is 0 Å². The molecular formula is C14H20F2O. The number of halogens is 2. The lowest BCUT2D eigenvalue weighted by Gasteiger charge is -2.23. The highest BCUT2D eigenvalue weighted by molar-refractivity contribution is 5.27. The average molecular weight is 242 g/mol. The van der Waals surface area contributed by atoms with Crippen molar-refractivity contribution in [3.8, 4) is 0 Å². The number of aliphatic hydroxyl groups is 1. The highest BCUT2D eigenvalue weighted by Gasteiger charge is 2.27. The van der Waals surface area contributed by atoms with Gasteiger partial charge in [-0.05, 0) is 30.4 Å². The molecule has 17 heavy (non-hydrogen) atoms. The van der Waals surface area contributed by atoms with Crippen LogP contribution in [0.2, 0.25) is 0 Å². The minimum Gasteiger partial charge on any atom is -0.385 e. The summed E-state index contributed by atoms with van der Waals surface area (Å²) >= 11 is 0. The van der Waals surface area contributed by atoms with E-state index in [-0.39, 0.29) is 0 Å². The number of rotatable bonds is 5. The summed E-state index contributed by atoms with van der Waals surface area (Å²) in [7, 11) is 0. The summed E-state index contributed by atoms with van der Waals surface area (Å²) in [6, 6.07) is 7.27. The maximum atomic E-state index is 12.3. The molecular weight excluding hydrogens is 222 g/mol. The van der Waals surface area contributed by atoms with Gasteiger partial charge in [0.25, 0.3) is 0 Å². The van der Waals surface area contributed by atoms with Crippen LogP contribution in [0.25, 0.3) is 0 Å². The van der Waals surface area contributed by atoms with Crippen LogP contribution in [0.15, 0.2) is 24.3 Å². The maximum Gasteiger partial charge on any atom is 0.241 e. The Kier molecular flexibility index (Phi) is 4.63. The molecule has 1 rings (SSSR count). The van der Waals surface area contributed by atoms with Crippen LogP contribution in [-0.4, -0.2) is 11.5 Å². The van der Waals surface area contributed by atoms with E-state index < -0.39 is 18.4 Å². The maximum absolute atomic E-state index is 12.3. The number of hydrogen-bond acceptors (Lipinski definition) is 1. The molecule has 1 aromatic rings. The molecule has 0 saturated heterocycles. The highest BCUT2D eigenvalue weighted by Crippen LogP contribution is 2.27. The normalized spacial score (nSPS) is 15.3. The van der Waals surface area contributed by atoms with Crippen LogP contribution in [0.4, 0.5) is 8.78 Å². The van der Waals surface area contributed by atoms with Gasteiger partial charge in [0.05, 0.1) is 5.60 Å². The van der Waals surface area contributed by atoms with E-state index in [0.717, 1.165) is 12.0 Å². The second-order valence-corrected chi connectivity index (χ2v) is 5.16. The van der Waals surface area contributed by atoms with Crippen LogP contribution >= 0.6 is 0 Å². The Bertz CT molecular complexity index is 342. The van der Waals surface area contributed by atoms with E-state index in [1.807, 2.05) is 12.1 Å². The zero-order valence-electron chi connectivity index (χ0n) is 10.6. The van der Waals surface area contributed by atoms with Crippen molar-refractivity contribution < 1.29 is 13.9 Å².